The Kier molecular flexibility index (Phi) is 14.1. The molecule has 9 rings (SSSR count). The van der Waals surface area contributed by atoms with E-state index in [1.807, 2.05) is 121 Å². The van der Waals surface area contributed by atoms with Gasteiger partial charge in [-0.05, 0) is 137 Å². The predicted octanol–water partition coefficient (Wildman–Crippen LogP) is 10.6. The molecule has 4 N–H and O–H groups in total. The Balaban J connectivity index is 1.47. The number of benzene rings is 8. The maximum absolute atomic E-state index is 13.2. The normalized spacial score (nSPS) is 13.2. The molecule has 8 aromatic carbocycles. The van der Waals surface area contributed by atoms with Gasteiger partial charge >= 0.3 is 0 Å². The van der Waals surface area contributed by atoms with Crippen LogP contribution in [0.4, 0.5) is 0 Å². The summed E-state index contributed by atoms with van der Waals surface area (Å²) < 4.78 is 149. The van der Waals surface area contributed by atoms with Gasteiger partial charge in [0.25, 0.3) is 40.5 Å². The van der Waals surface area contributed by atoms with Crippen molar-refractivity contribution in [3.8, 4) is 44.5 Å². The van der Waals surface area contributed by atoms with Crippen LogP contribution in [0.3, 0.4) is 0 Å². The molecule has 0 saturated heterocycles. The van der Waals surface area contributed by atoms with E-state index in [0.29, 0.717) is 66.8 Å². The average molecular weight is 1040 g/mol. The van der Waals surface area contributed by atoms with Gasteiger partial charge in [0.15, 0.2) is 0 Å². The second-order valence-electron chi connectivity index (χ2n) is 18.2. The lowest BCUT2D eigenvalue weighted by atomic mass is 9.82. The third-order valence-corrected chi connectivity index (χ3v) is 15.6. The van der Waals surface area contributed by atoms with E-state index in [0.717, 1.165) is 22.3 Å². The van der Waals surface area contributed by atoms with E-state index in [1.54, 1.807) is 48.5 Å². The lowest BCUT2D eigenvalue weighted by molar-refractivity contribution is 0.479. The number of fused-ring (bicyclic) bond motifs is 8. The summed E-state index contributed by atoms with van der Waals surface area (Å²) in [6, 6.07) is 50.9. The number of hydrogen-bond acceptors (Lipinski definition) is 8. The van der Waals surface area contributed by atoms with Crippen molar-refractivity contribution >= 4 is 40.5 Å². The first-order chi connectivity index (χ1) is 34.1. The van der Waals surface area contributed by atoms with Gasteiger partial charge in [-0.3, -0.25) is 18.2 Å². The van der Waals surface area contributed by atoms with E-state index in [1.165, 1.54) is 0 Å². The zero-order valence-electron chi connectivity index (χ0n) is 38.5. The minimum atomic E-state index is -4.81. The summed E-state index contributed by atoms with van der Waals surface area (Å²) >= 11 is 0. The van der Waals surface area contributed by atoms with Crippen LogP contribution < -0.4 is 0 Å². The molecule has 0 saturated carbocycles. The summed E-state index contributed by atoms with van der Waals surface area (Å²) in [5.41, 5.74) is 8.88. The van der Waals surface area contributed by atoms with Gasteiger partial charge in [-0.15, -0.1) is 0 Å². The Morgan fingerprint density at radius 1 is 0.250 bits per heavy atom. The van der Waals surface area contributed by atoms with Gasteiger partial charge in [0.05, 0.1) is 0 Å². The molecular formula is C56H48O12S4. The molecule has 0 heterocycles. The van der Waals surface area contributed by atoms with Crippen LogP contribution in [0.5, 0.6) is 0 Å². The Hall–Kier alpha value is -6.60. The summed E-state index contributed by atoms with van der Waals surface area (Å²) in [6.45, 7) is 0. The SMILES string of the molecule is O=S(=O)(O)Cc1c2cc(-c3ccccc3)cc1Cc1cc(-c3ccccc3)cc(c1CS(=O)(=O)O)Cc1cc(-c3ccccc3)cc(c1CS(=O)(=O)O)Cc1cc(-c3ccccc3)cc(c1CS(=O)(=O)O)C2. The minimum absolute atomic E-state index is 0.155. The van der Waals surface area contributed by atoms with Crippen LogP contribution in [0.2, 0.25) is 0 Å². The molecule has 0 aliphatic heterocycles. The fraction of sp³-hybridized carbons (Fsp3) is 0.143. The molecule has 72 heavy (non-hydrogen) atoms. The molecule has 1 aliphatic carbocycles. The largest absolute Gasteiger partial charge is 0.285 e. The zero-order valence-corrected chi connectivity index (χ0v) is 41.8. The van der Waals surface area contributed by atoms with E-state index in [-0.39, 0.29) is 47.9 Å². The van der Waals surface area contributed by atoms with Gasteiger partial charge in [-0.1, -0.05) is 170 Å². The Morgan fingerprint density at radius 3 is 0.542 bits per heavy atom. The van der Waals surface area contributed by atoms with Gasteiger partial charge < -0.3 is 0 Å². The third kappa shape index (κ3) is 12.3. The number of hydrogen-bond donors (Lipinski definition) is 4. The van der Waals surface area contributed by atoms with Crippen LogP contribution in [0.15, 0.2) is 170 Å². The van der Waals surface area contributed by atoms with Gasteiger partial charge in [0, 0.05) is 0 Å². The second-order valence-corrected chi connectivity index (χ2v) is 24.0. The molecule has 0 amide bonds. The first kappa shape index (κ1) is 50.3. The summed E-state index contributed by atoms with van der Waals surface area (Å²) in [4.78, 5) is 0. The van der Waals surface area contributed by atoms with Crippen LogP contribution >= 0.6 is 0 Å². The summed E-state index contributed by atoms with van der Waals surface area (Å²) in [5, 5.41) is 0. The Bertz CT molecular complexity index is 3230. The first-order valence-corrected chi connectivity index (χ1v) is 29.2. The van der Waals surface area contributed by atoms with E-state index in [9.17, 15) is 51.9 Å². The molecule has 368 valence electrons. The molecule has 0 unspecified atom stereocenters. The first-order valence-electron chi connectivity index (χ1n) is 22.7. The molecule has 0 radical (unpaired) electrons. The monoisotopic (exact) mass is 1040 g/mol. The third-order valence-electron chi connectivity index (χ3n) is 13.0. The Labute approximate surface area is 419 Å². The van der Waals surface area contributed by atoms with Crippen molar-refractivity contribution in [2.45, 2.75) is 48.7 Å². The van der Waals surface area contributed by atoms with Crippen LogP contribution in [-0.2, 0) is 89.2 Å². The standard InChI is InChI=1S/C56H48O12S4/c57-69(58,59)33-53-45-21-41(37-13-5-1-6-14-37)22-46(53)30-48-24-43(39-17-9-3-10-18-39)26-50(55(48)35-71(63,64)65)32-52-28-44(40-19-11-4-12-20-40)27-51(56(52)36-72(66,67)68)31-49-25-42(38-15-7-2-8-16-38)23-47(29-45)54(49)34-70(60,61)62/h1-28H,29-36H2,(H,57,58,59)(H,60,61,62)(H,63,64,65)(H,66,67,68). The summed E-state index contributed by atoms with van der Waals surface area (Å²) in [6.07, 6.45) is -0.621. The smallest absolute Gasteiger partial charge is 0.269 e. The van der Waals surface area contributed by atoms with Gasteiger partial charge in [-0.2, -0.15) is 33.7 Å². The fourth-order valence-electron chi connectivity index (χ4n) is 9.93. The second kappa shape index (κ2) is 20.1. The summed E-state index contributed by atoms with van der Waals surface area (Å²) in [5.74, 6) is -3.57. The average Bonchev–Trinajstić information content (AvgIpc) is 3.32. The molecule has 8 aromatic rings. The molecule has 0 atom stereocenters. The van der Waals surface area contributed by atoms with Crippen molar-refractivity contribution in [3.63, 3.8) is 0 Å². The number of rotatable bonds is 12. The van der Waals surface area contributed by atoms with Crippen LogP contribution in [0.25, 0.3) is 44.5 Å². The van der Waals surface area contributed by atoms with E-state index >= 15 is 0 Å². The molecule has 1 aliphatic rings. The molecular weight excluding hydrogens is 993 g/mol. The molecule has 0 spiro atoms. The lowest BCUT2D eigenvalue weighted by Crippen LogP contribution is -2.16. The quantitative estimate of drug-likeness (QED) is 0.0841. The van der Waals surface area contributed by atoms with Crippen molar-refractivity contribution in [1.82, 2.24) is 0 Å². The topological polar surface area (TPSA) is 217 Å². The fourth-order valence-corrected chi connectivity index (χ4v) is 12.9. The molecule has 0 fully saturated rings. The van der Waals surface area contributed by atoms with Crippen LogP contribution in [0.1, 0.15) is 66.8 Å². The van der Waals surface area contributed by atoms with Crippen molar-refractivity contribution in [2.24, 2.45) is 0 Å². The lowest BCUT2D eigenvalue weighted by Gasteiger charge is -2.24. The highest BCUT2D eigenvalue weighted by Crippen LogP contribution is 2.39. The van der Waals surface area contributed by atoms with E-state index < -0.39 is 63.5 Å². The molecule has 12 nitrogen and oxygen atoms in total. The van der Waals surface area contributed by atoms with Gasteiger partial charge in [-0.25, -0.2) is 0 Å². The molecule has 16 heteroatoms. The van der Waals surface area contributed by atoms with Gasteiger partial charge in [0.2, 0.25) is 0 Å². The highest BCUT2D eigenvalue weighted by Gasteiger charge is 2.28. The molecule has 0 aromatic heterocycles. The highest BCUT2D eigenvalue weighted by molar-refractivity contribution is 7.85. The van der Waals surface area contributed by atoms with Crippen molar-refractivity contribution in [1.29, 1.82) is 0 Å². The predicted molar refractivity (Wildman–Crippen MR) is 280 cm³/mol. The van der Waals surface area contributed by atoms with Crippen LogP contribution in [-0.4, -0.2) is 51.9 Å². The van der Waals surface area contributed by atoms with E-state index in [2.05, 4.69) is 0 Å². The van der Waals surface area contributed by atoms with Crippen molar-refractivity contribution in [2.75, 3.05) is 0 Å². The Morgan fingerprint density at radius 2 is 0.403 bits per heavy atom. The zero-order chi connectivity index (χ0) is 51.0. The minimum Gasteiger partial charge on any atom is -0.285 e. The van der Waals surface area contributed by atoms with Crippen LogP contribution in [0, 0.1) is 0 Å². The molecule has 8 bridgehead atoms. The van der Waals surface area contributed by atoms with Crippen molar-refractivity contribution in [3.05, 3.63) is 237 Å². The maximum atomic E-state index is 13.2. The van der Waals surface area contributed by atoms with Crippen molar-refractivity contribution < 1.29 is 51.9 Å². The maximum Gasteiger partial charge on any atom is 0.269 e. The highest BCUT2D eigenvalue weighted by atomic mass is 32.2. The van der Waals surface area contributed by atoms with E-state index in [4.69, 9.17) is 0 Å². The summed E-state index contributed by atoms with van der Waals surface area (Å²) in [7, 11) is -19.2. The van der Waals surface area contributed by atoms with Gasteiger partial charge in [0.1, 0.15) is 23.0 Å².